The van der Waals surface area contributed by atoms with E-state index >= 15 is 0 Å². The van der Waals surface area contributed by atoms with E-state index in [1.165, 1.54) is 6.07 Å². The molecule has 0 aliphatic heterocycles. The molecule has 3 aromatic rings. The molecule has 0 aliphatic carbocycles. The van der Waals surface area contributed by atoms with Crippen molar-refractivity contribution in [2.45, 2.75) is 6.54 Å². The van der Waals surface area contributed by atoms with Gasteiger partial charge in [0.15, 0.2) is 0 Å². The summed E-state index contributed by atoms with van der Waals surface area (Å²) in [6.45, 7) is 0.353. The minimum atomic E-state index is -0.301. The molecule has 3 rings (SSSR count). The minimum Gasteiger partial charge on any atom is -0.326 e. The van der Waals surface area contributed by atoms with E-state index in [4.69, 9.17) is 11.6 Å². The van der Waals surface area contributed by atoms with Crippen LogP contribution in [0.2, 0.25) is 5.02 Å². The molecule has 0 fully saturated rings. The van der Waals surface area contributed by atoms with Crippen molar-refractivity contribution in [1.82, 2.24) is 9.55 Å². The van der Waals surface area contributed by atoms with Crippen LogP contribution >= 0.6 is 34.2 Å². The van der Waals surface area contributed by atoms with E-state index in [-0.39, 0.29) is 5.82 Å². The molecule has 0 spiro atoms. The first kappa shape index (κ1) is 14.5. The van der Waals surface area contributed by atoms with E-state index < -0.39 is 0 Å². The maximum absolute atomic E-state index is 13.9. The molecule has 1 heterocycles. The average molecular weight is 413 g/mol. The fourth-order valence-corrected chi connectivity index (χ4v) is 2.94. The Morgan fingerprint density at radius 2 is 2.00 bits per heavy atom. The fourth-order valence-electron chi connectivity index (χ4n) is 2.18. The fraction of sp³-hybridized carbons (Fsp3) is 0.0625. The Morgan fingerprint density at radius 1 is 1.19 bits per heavy atom. The molecular weight excluding hydrogens is 402 g/mol. The largest absolute Gasteiger partial charge is 0.326 e. The molecule has 0 N–H and O–H groups in total. The molecule has 0 amide bonds. The van der Waals surface area contributed by atoms with E-state index in [9.17, 15) is 4.39 Å². The van der Waals surface area contributed by atoms with Crippen LogP contribution in [-0.2, 0) is 6.54 Å². The molecule has 0 saturated carbocycles. The second kappa shape index (κ2) is 6.15. The van der Waals surface area contributed by atoms with Crippen LogP contribution in [0, 0.1) is 9.39 Å². The summed E-state index contributed by atoms with van der Waals surface area (Å²) < 4.78 is 16.9. The van der Waals surface area contributed by atoms with Gasteiger partial charge < -0.3 is 4.57 Å². The van der Waals surface area contributed by atoms with Crippen LogP contribution in [0.1, 0.15) is 5.56 Å². The first-order valence-electron chi connectivity index (χ1n) is 6.35. The predicted molar refractivity (Wildman–Crippen MR) is 90.9 cm³/mol. The number of rotatable bonds is 3. The van der Waals surface area contributed by atoms with E-state index in [0.29, 0.717) is 17.1 Å². The van der Waals surface area contributed by atoms with Crippen LogP contribution in [0.3, 0.4) is 0 Å². The molecule has 0 atom stereocenters. The predicted octanol–water partition coefficient (Wildman–Crippen LogP) is 5.00. The number of nitrogens with zero attached hydrogens (tertiary/aromatic N) is 2. The zero-order chi connectivity index (χ0) is 14.8. The van der Waals surface area contributed by atoms with Crippen LogP contribution in [0.15, 0.2) is 54.9 Å². The number of aromatic nitrogens is 2. The summed E-state index contributed by atoms with van der Waals surface area (Å²) in [6, 6.07) is 12.8. The molecule has 5 heteroatoms. The Kier molecular flexibility index (Phi) is 4.26. The number of halogens is 3. The SMILES string of the molecule is Fc1cccc(Cl)c1Cn1ccnc1-c1cccc(I)c1. The monoisotopic (exact) mass is 412 g/mol. The minimum absolute atomic E-state index is 0.301. The molecule has 2 aromatic carbocycles. The van der Waals surface area contributed by atoms with E-state index in [1.807, 2.05) is 35.0 Å². The summed E-state index contributed by atoms with van der Waals surface area (Å²) in [7, 11) is 0. The quantitative estimate of drug-likeness (QED) is 0.554. The summed E-state index contributed by atoms with van der Waals surface area (Å²) >= 11 is 8.35. The van der Waals surface area contributed by atoms with E-state index in [1.54, 1.807) is 18.3 Å². The smallest absolute Gasteiger partial charge is 0.140 e. The second-order valence-corrected chi connectivity index (χ2v) is 6.24. The summed E-state index contributed by atoms with van der Waals surface area (Å²) in [4.78, 5) is 4.38. The zero-order valence-corrected chi connectivity index (χ0v) is 13.8. The van der Waals surface area contributed by atoms with Crippen LogP contribution < -0.4 is 0 Å². The third-order valence-electron chi connectivity index (χ3n) is 3.19. The molecule has 0 saturated heterocycles. The van der Waals surface area contributed by atoms with Crippen molar-refractivity contribution in [3.63, 3.8) is 0 Å². The molecule has 0 bridgehead atoms. The highest BCUT2D eigenvalue weighted by Gasteiger charge is 2.11. The summed E-state index contributed by atoms with van der Waals surface area (Å²) in [6.07, 6.45) is 3.54. The van der Waals surface area contributed by atoms with Crippen molar-refractivity contribution in [1.29, 1.82) is 0 Å². The molecule has 0 aliphatic rings. The van der Waals surface area contributed by atoms with Gasteiger partial charge in [0, 0.05) is 32.1 Å². The zero-order valence-electron chi connectivity index (χ0n) is 10.9. The molecular formula is C16H11ClFIN2. The lowest BCUT2D eigenvalue weighted by Crippen LogP contribution is -2.04. The van der Waals surface area contributed by atoms with Crippen LogP contribution in [0.4, 0.5) is 4.39 Å². The maximum atomic E-state index is 13.9. The normalized spacial score (nSPS) is 10.8. The van der Waals surface area contributed by atoms with Gasteiger partial charge in [0.25, 0.3) is 0 Å². The maximum Gasteiger partial charge on any atom is 0.140 e. The average Bonchev–Trinajstić information content (AvgIpc) is 2.91. The van der Waals surface area contributed by atoms with Crippen LogP contribution in [0.5, 0.6) is 0 Å². The highest BCUT2D eigenvalue weighted by atomic mass is 127. The number of hydrogen-bond acceptors (Lipinski definition) is 1. The Balaban J connectivity index is 2.00. The van der Waals surface area contributed by atoms with Gasteiger partial charge in [0.05, 0.1) is 6.54 Å². The standard InChI is InChI=1S/C16H11ClFIN2/c17-14-5-2-6-15(18)13(14)10-21-8-7-20-16(21)11-3-1-4-12(19)9-11/h1-9H,10H2. The van der Waals surface area contributed by atoms with Crippen molar-refractivity contribution in [2.75, 3.05) is 0 Å². The van der Waals surface area contributed by atoms with Crippen molar-refractivity contribution < 1.29 is 4.39 Å². The summed E-state index contributed by atoms with van der Waals surface area (Å²) in [5, 5.41) is 0.428. The first-order chi connectivity index (χ1) is 10.1. The van der Waals surface area contributed by atoms with Crippen LogP contribution in [-0.4, -0.2) is 9.55 Å². The number of hydrogen-bond donors (Lipinski definition) is 0. The Morgan fingerprint density at radius 3 is 2.76 bits per heavy atom. The van der Waals surface area contributed by atoms with Gasteiger partial charge in [-0.3, -0.25) is 0 Å². The van der Waals surface area contributed by atoms with Gasteiger partial charge in [-0.2, -0.15) is 0 Å². The lowest BCUT2D eigenvalue weighted by atomic mass is 10.2. The van der Waals surface area contributed by atoms with E-state index in [2.05, 4.69) is 27.6 Å². The highest BCUT2D eigenvalue weighted by Crippen LogP contribution is 2.24. The number of imidazole rings is 1. The lowest BCUT2D eigenvalue weighted by Gasteiger charge is -2.10. The first-order valence-corrected chi connectivity index (χ1v) is 7.81. The molecule has 106 valence electrons. The molecule has 2 nitrogen and oxygen atoms in total. The van der Waals surface area contributed by atoms with Crippen molar-refractivity contribution in [3.8, 4) is 11.4 Å². The summed E-state index contributed by atoms with van der Waals surface area (Å²) in [5.41, 5.74) is 1.48. The van der Waals surface area contributed by atoms with Gasteiger partial charge in [0.2, 0.25) is 0 Å². The Labute approximate surface area is 140 Å². The van der Waals surface area contributed by atoms with Crippen molar-refractivity contribution in [2.24, 2.45) is 0 Å². The van der Waals surface area contributed by atoms with Crippen molar-refractivity contribution in [3.05, 3.63) is 74.8 Å². The molecule has 0 radical (unpaired) electrons. The van der Waals surface area contributed by atoms with Gasteiger partial charge in [-0.15, -0.1) is 0 Å². The van der Waals surface area contributed by atoms with Crippen LogP contribution in [0.25, 0.3) is 11.4 Å². The molecule has 1 aromatic heterocycles. The van der Waals surface area contributed by atoms with Gasteiger partial charge >= 0.3 is 0 Å². The third-order valence-corrected chi connectivity index (χ3v) is 4.21. The highest BCUT2D eigenvalue weighted by molar-refractivity contribution is 14.1. The van der Waals surface area contributed by atoms with Gasteiger partial charge in [-0.05, 0) is 46.9 Å². The van der Waals surface area contributed by atoms with Gasteiger partial charge in [-0.25, -0.2) is 9.37 Å². The van der Waals surface area contributed by atoms with Crippen molar-refractivity contribution >= 4 is 34.2 Å². The number of benzene rings is 2. The second-order valence-electron chi connectivity index (χ2n) is 4.59. The Hall–Kier alpha value is -1.40. The third kappa shape index (κ3) is 3.11. The van der Waals surface area contributed by atoms with Gasteiger partial charge in [0.1, 0.15) is 11.6 Å². The Bertz CT molecular complexity index is 765. The lowest BCUT2D eigenvalue weighted by molar-refractivity contribution is 0.600. The molecule has 0 unspecified atom stereocenters. The molecule has 21 heavy (non-hydrogen) atoms. The summed E-state index contributed by atoms with van der Waals surface area (Å²) in [5.74, 6) is 0.498. The van der Waals surface area contributed by atoms with E-state index in [0.717, 1.165) is 15.0 Å². The van der Waals surface area contributed by atoms with Gasteiger partial charge in [-0.1, -0.05) is 29.8 Å². The topological polar surface area (TPSA) is 17.8 Å².